The average Bonchev–Trinajstić information content (AvgIpc) is 2.75. The molecular weight excluding hydrogens is 250 g/mol. The van der Waals surface area contributed by atoms with Crippen LogP contribution in [0, 0.1) is 10.1 Å². The van der Waals surface area contributed by atoms with Crippen LogP contribution in [0.1, 0.15) is 43.0 Å². The van der Waals surface area contributed by atoms with Gasteiger partial charge in [-0.3, -0.25) is 10.1 Å². The Labute approximate surface area is 109 Å². The van der Waals surface area contributed by atoms with E-state index in [0.717, 1.165) is 37.9 Å². The summed E-state index contributed by atoms with van der Waals surface area (Å²) in [7, 11) is 0. The number of carbonyl (C=O) groups is 1. The van der Waals surface area contributed by atoms with Crippen LogP contribution in [0.25, 0.3) is 0 Å². The summed E-state index contributed by atoms with van der Waals surface area (Å²) in [6.07, 6.45) is 5.13. The molecule has 2 rings (SSSR count). The van der Waals surface area contributed by atoms with Gasteiger partial charge in [-0.2, -0.15) is 0 Å². The fraction of sp³-hybridized carbons (Fsp3) is 0.500. The van der Waals surface area contributed by atoms with Crippen molar-refractivity contribution in [2.45, 2.75) is 38.1 Å². The highest BCUT2D eigenvalue weighted by Crippen LogP contribution is 2.34. The first-order chi connectivity index (χ1) is 8.91. The number of aromatic carboxylic acids is 1. The maximum Gasteiger partial charge on any atom is 0.337 e. The van der Waals surface area contributed by atoms with Crippen molar-refractivity contribution in [2.24, 2.45) is 0 Å². The van der Waals surface area contributed by atoms with Crippen molar-refractivity contribution in [3.8, 4) is 0 Å². The van der Waals surface area contributed by atoms with Crippen LogP contribution < -0.4 is 5.32 Å². The van der Waals surface area contributed by atoms with Gasteiger partial charge < -0.3 is 10.4 Å². The molecular formula is C12H15N3O4. The fourth-order valence-electron chi connectivity index (χ4n) is 2.37. The third-order valence-electron chi connectivity index (χ3n) is 3.44. The van der Waals surface area contributed by atoms with E-state index in [0.29, 0.717) is 0 Å². The number of carboxylic acid groups (broad SMARTS) is 1. The van der Waals surface area contributed by atoms with Crippen LogP contribution >= 0.6 is 0 Å². The van der Waals surface area contributed by atoms with Gasteiger partial charge in [-0.05, 0) is 19.8 Å². The minimum Gasteiger partial charge on any atom is -0.478 e. The molecule has 1 fully saturated rings. The summed E-state index contributed by atoms with van der Waals surface area (Å²) in [6, 6.07) is 1.04. The lowest BCUT2D eigenvalue weighted by Gasteiger charge is -2.25. The maximum absolute atomic E-state index is 11.0. The van der Waals surface area contributed by atoms with Gasteiger partial charge in [0.25, 0.3) is 0 Å². The SMILES string of the molecule is CC1(Nc2ncc(C(=O)O)cc2[N+](=O)[O-])CCCC1. The summed E-state index contributed by atoms with van der Waals surface area (Å²) in [5.74, 6) is -1.09. The van der Waals surface area contributed by atoms with Crippen LogP contribution in [-0.4, -0.2) is 26.5 Å². The van der Waals surface area contributed by atoms with Gasteiger partial charge in [-0.1, -0.05) is 12.8 Å². The summed E-state index contributed by atoms with van der Waals surface area (Å²) < 4.78 is 0. The van der Waals surface area contributed by atoms with E-state index in [1.165, 1.54) is 0 Å². The molecule has 2 N–H and O–H groups in total. The molecule has 0 unspecified atom stereocenters. The Balaban J connectivity index is 2.34. The average molecular weight is 265 g/mol. The van der Waals surface area contributed by atoms with E-state index in [2.05, 4.69) is 10.3 Å². The first-order valence-electron chi connectivity index (χ1n) is 6.07. The van der Waals surface area contributed by atoms with Gasteiger partial charge in [-0.25, -0.2) is 9.78 Å². The van der Waals surface area contributed by atoms with Crippen molar-refractivity contribution < 1.29 is 14.8 Å². The molecule has 7 heteroatoms. The van der Waals surface area contributed by atoms with Gasteiger partial charge in [-0.15, -0.1) is 0 Å². The molecule has 102 valence electrons. The van der Waals surface area contributed by atoms with Gasteiger partial charge >= 0.3 is 11.7 Å². The highest BCUT2D eigenvalue weighted by Gasteiger charge is 2.31. The van der Waals surface area contributed by atoms with E-state index >= 15 is 0 Å². The summed E-state index contributed by atoms with van der Waals surface area (Å²) in [5.41, 5.74) is -0.690. The molecule has 1 aliphatic rings. The van der Waals surface area contributed by atoms with Crippen LogP contribution in [0.15, 0.2) is 12.3 Å². The molecule has 0 spiro atoms. The van der Waals surface area contributed by atoms with Gasteiger partial charge in [0.15, 0.2) is 0 Å². The quantitative estimate of drug-likeness (QED) is 0.639. The minimum atomic E-state index is -1.23. The number of nitrogens with one attached hydrogen (secondary N) is 1. The van der Waals surface area contributed by atoms with Crippen molar-refractivity contribution in [3.05, 3.63) is 27.9 Å². The molecule has 0 atom stereocenters. The van der Waals surface area contributed by atoms with Crippen molar-refractivity contribution in [2.75, 3.05) is 5.32 Å². The molecule has 0 aromatic carbocycles. The van der Waals surface area contributed by atoms with E-state index in [-0.39, 0.29) is 22.6 Å². The normalized spacial score (nSPS) is 17.1. The molecule has 7 nitrogen and oxygen atoms in total. The predicted molar refractivity (Wildman–Crippen MR) is 68.3 cm³/mol. The summed E-state index contributed by atoms with van der Waals surface area (Å²) >= 11 is 0. The number of anilines is 1. The van der Waals surface area contributed by atoms with Crippen LogP contribution in [0.4, 0.5) is 11.5 Å². The largest absolute Gasteiger partial charge is 0.478 e. The molecule has 0 amide bonds. The predicted octanol–water partition coefficient (Wildman–Crippen LogP) is 2.43. The second-order valence-corrected chi connectivity index (χ2v) is 5.05. The Morgan fingerprint density at radius 3 is 2.68 bits per heavy atom. The maximum atomic E-state index is 11.0. The van der Waals surface area contributed by atoms with Gasteiger partial charge in [0, 0.05) is 17.8 Å². The summed E-state index contributed by atoms with van der Waals surface area (Å²) in [4.78, 5) is 25.1. The number of aromatic nitrogens is 1. The first-order valence-corrected chi connectivity index (χ1v) is 6.07. The van der Waals surface area contributed by atoms with E-state index in [9.17, 15) is 14.9 Å². The molecule has 1 heterocycles. The molecule has 0 radical (unpaired) electrons. The van der Waals surface area contributed by atoms with E-state index in [1.807, 2.05) is 6.92 Å². The van der Waals surface area contributed by atoms with Crippen LogP contribution in [0.2, 0.25) is 0 Å². The second kappa shape index (κ2) is 4.83. The number of hydrogen-bond acceptors (Lipinski definition) is 5. The Bertz CT molecular complexity index is 524. The zero-order valence-corrected chi connectivity index (χ0v) is 10.5. The number of pyridine rings is 1. The monoisotopic (exact) mass is 265 g/mol. The topological polar surface area (TPSA) is 105 Å². The highest BCUT2D eigenvalue weighted by atomic mass is 16.6. The molecule has 1 aromatic rings. The number of nitrogens with zero attached hydrogens (tertiary/aromatic N) is 2. The van der Waals surface area contributed by atoms with Crippen molar-refractivity contribution in [3.63, 3.8) is 0 Å². The van der Waals surface area contributed by atoms with E-state index in [1.54, 1.807) is 0 Å². The molecule has 19 heavy (non-hydrogen) atoms. The fourth-order valence-corrected chi connectivity index (χ4v) is 2.37. The lowest BCUT2D eigenvalue weighted by atomic mass is 10.0. The number of rotatable bonds is 4. The number of hydrogen-bond donors (Lipinski definition) is 2. The Kier molecular flexibility index (Phi) is 3.37. The molecule has 1 saturated carbocycles. The standard InChI is InChI=1S/C12H15N3O4/c1-12(4-2-3-5-12)14-10-9(15(18)19)6-8(7-13-10)11(16)17/h6-7H,2-5H2,1H3,(H,13,14)(H,16,17). The summed E-state index contributed by atoms with van der Waals surface area (Å²) in [6.45, 7) is 2.00. The number of carboxylic acids is 1. The second-order valence-electron chi connectivity index (χ2n) is 5.05. The molecule has 1 aromatic heterocycles. The Hall–Kier alpha value is -2.18. The van der Waals surface area contributed by atoms with Crippen molar-refractivity contribution in [1.82, 2.24) is 4.98 Å². The van der Waals surface area contributed by atoms with Gasteiger partial charge in [0.2, 0.25) is 5.82 Å². The molecule has 0 saturated heterocycles. The van der Waals surface area contributed by atoms with Crippen LogP contribution in [0.3, 0.4) is 0 Å². The molecule has 1 aliphatic carbocycles. The summed E-state index contributed by atoms with van der Waals surface area (Å²) in [5, 5.41) is 22.9. The third kappa shape index (κ3) is 2.81. The zero-order chi connectivity index (χ0) is 14.0. The van der Waals surface area contributed by atoms with E-state index < -0.39 is 10.9 Å². The lowest BCUT2D eigenvalue weighted by Crippen LogP contribution is -2.31. The lowest BCUT2D eigenvalue weighted by molar-refractivity contribution is -0.384. The van der Waals surface area contributed by atoms with Crippen molar-refractivity contribution in [1.29, 1.82) is 0 Å². The van der Waals surface area contributed by atoms with E-state index in [4.69, 9.17) is 5.11 Å². The smallest absolute Gasteiger partial charge is 0.337 e. The minimum absolute atomic E-state index is 0.138. The highest BCUT2D eigenvalue weighted by molar-refractivity contribution is 5.88. The molecule has 0 bridgehead atoms. The third-order valence-corrected chi connectivity index (χ3v) is 3.44. The van der Waals surface area contributed by atoms with Crippen LogP contribution in [-0.2, 0) is 0 Å². The number of nitro groups is 1. The van der Waals surface area contributed by atoms with Crippen molar-refractivity contribution >= 4 is 17.5 Å². The Morgan fingerprint density at radius 2 is 2.16 bits per heavy atom. The van der Waals surface area contributed by atoms with Gasteiger partial charge in [0.05, 0.1) is 10.5 Å². The molecule has 0 aliphatic heterocycles. The zero-order valence-electron chi connectivity index (χ0n) is 10.5. The Morgan fingerprint density at radius 1 is 1.53 bits per heavy atom. The van der Waals surface area contributed by atoms with Gasteiger partial charge in [0.1, 0.15) is 0 Å². The first kappa shape index (κ1) is 13.3. The van der Waals surface area contributed by atoms with Crippen LogP contribution in [0.5, 0.6) is 0 Å².